The first-order valence-electron chi connectivity index (χ1n) is 5.61. The minimum Gasteiger partial charge on any atom is -0.480 e. The summed E-state index contributed by atoms with van der Waals surface area (Å²) in [4.78, 5) is 11.2. The summed E-state index contributed by atoms with van der Waals surface area (Å²) in [6.07, 6.45) is 1.67. The Bertz CT molecular complexity index is 384. The van der Waals surface area contributed by atoms with Crippen LogP contribution in [-0.2, 0) is 11.3 Å². The van der Waals surface area contributed by atoms with Gasteiger partial charge in [-0.15, -0.1) is 6.58 Å². The predicted molar refractivity (Wildman–Crippen MR) is 68.7 cm³/mol. The van der Waals surface area contributed by atoms with Crippen LogP contribution in [0.1, 0.15) is 19.4 Å². The van der Waals surface area contributed by atoms with Crippen molar-refractivity contribution in [2.75, 3.05) is 0 Å². The topological polar surface area (TPSA) is 49.3 Å². The van der Waals surface area contributed by atoms with Gasteiger partial charge in [-0.1, -0.05) is 50.3 Å². The molecule has 0 radical (unpaired) electrons. The van der Waals surface area contributed by atoms with Gasteiger partial charge in [0.15, 0.2) is 0 Å². The van der Waals surface area contributed by atoms with E-state index >= 15 is 0 Å². The standard InChI is InChI=1S/C14H19NO2/c1-4-14(2,3)12(13(16)17)15-10-11-8-6-5-7-9-11/h4-9,12,15H,1,10H2,2-3H3,(H,16,17). The molecule has 0 heterocycles. The predicted octanol–water partition coefficient (Wildman–Crippen LogP) is 2.44. The van der Waals surface area contributed by atoms with Crippen molar-refractivity contribution in [3.63, 3.8) is 0 Å². The summed E-state index contributed by atoms with van der Waals surface area (Å²) in [6, 6.07) is 9.10. The molecule has 1 unspecified atom stereocenters. The summed E-state index contributed by atoms with van der Waals surface area (Å²) in [5.74, 6) is -0.856. The number of carbonyl (C=O) groups is 1. The van der Waals surface area contributed by atoms with E-state index < -0.39 is 17.4 Å². The van der Waals surface area contributed by atoms with Crippen molar-refractivity contribution in [2.45, 2.75) is 26.4 Å². The van der Waals surface area contributed by atoms with E-state index in [0.29, 0.717) is 6.54 Å². The van der Waals surface area contributed by atoms with E-state index in [2.05, 4.69) is 11.9 Å². The first kappa shape index (κ1) is 13.5. The number of hydrogen-bond donors (Lipinski definition) is 2. The van der Waals surface area contributed by atoms with Crippen LogP contribution in [0.2, 0.25) is 0 Å². The zero-order valence-corrected chi connectivity index (χ0v) is 10.3. The van der Waals surface area contributed by atoms with Gasteiger partial charge in [-0.05, 0) is 5.56 Å². The lowest BCUT2D eigenvalue weighted by atomic mass is 9.84. The van der Waals surface area contributed by atoms with Crippen LogP contribution < -0.4 is 5.32 Å². The van der Waals surface area contributed by atoms with Gasteiger partial charge >= 0.3 is 5.97 Å². The Hall–Kier alpha value is -1.61. The largest absolute Gasteiger partial charge is 0.480 e. The van der Waals surface area contributed by atoms with Gasteiger partial charge in [0, 0.05) is 12.0 Å². The molecule has 2 N–H and O–H groups in total. The maximum absolute atomic E-state index is 11.2. The highest BCUT2D eigenvalue weighted by Gasteiger charge is 2.32. The Morgan fingerprint density at radius 1 is 1.47 bits per heavy atom. The molecule has 0 aliphatic carbocycles. The highest BCUT2D eigenvalue weighted by atomic mass is 16.4. The van der Waals surface area contributed by atoms with E-state index in [9.17, 15) is 9.90 Å². The molecule has 1 aromatic carbocycles. The average molecular weight is 233 g/mol. The first-order valence-corrected chi connectivity index (χ1v) is 5.61. The molecule has 0 saturated heterocycles. The molecule has 0 amide bonds. The fourth-order valence-electron chi connectivity index (χ4n) is 1.60. The Labute approximate surface area is 102 Å². The second-order valence-electron chi connectivity index (χ2n) is 4.66. The van der Waals surface area contributed by atoms with Gasteiger partial charge in [-0.2, -0.15) is 0 Å². The van der Waals surface area contributed by atoms with Crippen molar-refractivity contribution >= 4 is 5.97 Å². The normalized spacial score (nSPS) is 13.1. The van der Waals surface area contributed by atoms with Crippen LogP contribution in [0.5, 0.6) is 0 Å². The number of carboxylic acids is 1. The maximum Gasteiger partial charge on any atom is 0.321 e. The van der Waals surface area contributed by atoms with Crippen molar-refractivity contribution in [3.05, 3.63) is 48.6 Å². The van der Waals surface area contributed by atoms with Gasteiger partial charge in [-0.25, -0.2) is 0 Å². The molecule has 0 aliphatic heterocycles. The molecule has 0 aromatic heterocycles. The monoisotopic (exact) mass is 233 g/mol. The van der Waals surface area contributed by atoms with Crippen LogP contribution in [0, 0.1) is 5.41 Å². The van der Waals surface area contributed by atoms with Gasteiger partial charge < -0.3 is 5.11 Å². The van der Waals surface area contributed by atoms with Gasteiger partial charge in [0.05, 0.1) is 0 Å². The van der Waals surface area contributed by atoms with Crippen molar-refractivity contribution in [1.29, 1.82) is 0 Å². The van der Waals surface area contributed by atoms with Crippen LogP contribution in [0.4, 0.5) is 0 Å². The Morgan fingerprint density at radius 3 is 2.53 bits per heavy atom. The van der Waals surface area contributed by atoms with Gasteiger partial charge in [0.1, 0.15) is 6.04 Å². The average Bonchev–Trinajstić information content (AvgIpc) is 2.30. The third-order valence-electron chi connectivity index (χ3n) is 2.87. The van der Waals surface area contributed by atoms with Gasteiger partial charge in [0.2, 0.25) is 0 Å². The second kappa shape index (κ2) is 5.64. The van der Waals surface area contributed by atoms with E-state index in [1.807, 2.05) is 44.2 Å². The number of hydrogen-bond acceptors (Lipinski definition) is 2. The van der Waals surface area contributed by atoms with E-state index in [-0.39, 0.29) is 0 Å². The second-order valence-corrected chi connectivity index (χ2v) is 4.66. The van der Waals surface area contributed by atoms with Crippen LogP contribution in [0.25, 0.3) is 0 Å². The Kier molecular flexibility index (Phi) is 4.46. The van der Waals surface area contributed by atoms with Crippen LogP contribution >= 0.6 is 0 Å². The molecule has 1 rings (SSSR count). The maximum atomic E-state index is 11.2. The Balaban J connectivity index is 2.70. The molecule has 0 bridgehead atoms. The summed E-state index contributed by atoms with van der Waals surface area (Å²) >= 11 is 0. The molecular weight excluding hydrogens is 214 g/mol. The molecule has 0 aliphatic rings. The lowest BCUT2D eigenvalue weighted by molar-refractivity contribution is -0.141. The van der Waals surface area contributed by atoms with Gasteiger partial charge in [0.25, 0.3) is 0 Å². The summed E-state index contributed by atoms with van der Waals surface area (Å²) < 4.78 is 0. The minimum atomic E-state index is -0.856. The molecule has 0 spiro atoms. The first-order chi connectivity index (χ1) is 7.97. The SMILES string of the molecule is C=CC(C)(C)C(NCc1ccccc1)C(=O)O. The lowest BCUT2D eigenvalue weighted by Gasteiger charge is -2.28. The van der Waals surface area contributed by atoms with Crippen molar-refractivity contribution in [2.24, 2.45) is 5.41 Å². The summed E-state index contributed by atoms with van der Waals surface area (Å²) in [5, 5.41) is 12.3. The smallest absolute Gasteiger partial charge is 0.321 e. The summed E-state index contributed by atoms with van der Waals surface area (Å²) in [7, 11) is 0. The lowest BCUT2D eigenvalue weighted by Crippen LogP contribution is -2.46. The van der Waals surface area contributed by atoms with Crippen LogP contribution in [0.15, 0.2) is 43.0 Å². The number of carboxylic acid groups (broad SMARTS) is 1. The summed E-state index contributed by atoms with van der Waals surface area (Å²) in [5.41, 5.74) is 0.583. The fourth-order valence-corrected chi connectivity index (χ4v) is 1.60. The minimum absolute atomic E-state index is 0.486. The molecular formula is C14H19NO2. The van der Waals surface area contributed by atoms with E-state index in [1.54, 1.807) is 6.08 Å². The third-order valence-corrected chi connectivity index (χ3v) is 2.87. The molecule has 3 heteroatoms. The zero-order chi connectivity index (χ0) is 12.9. The molecule has 0 saturated carbocycles. The number of benzene rings is 1. The molecule has 1 aromatic rings. The highest BCUT2D eigenvalue weighted by Crippen LogP contribution is 2.22. The number of rotatable bonds is 6. The number of aliphatic carboxylic acids is 1. The van der Waals surface area contributed by atoms with Crippen LogP contribution in [0.3, 0.4) is 0 Å². The van der Waals surface area contributed by atoms with E-state index in [0.717, 1.165) is 5.56 Å². The highest BCUT2D eigenvalue weighted by molar-refractivity contribution is 5.75. The van der Waals surface area contributed by atoms with E-state index in [4.69, 9.17) is 0 Å². The van der Waals surface area contributed by atoms with Gasteiger partial charge in [-0.3, -0.25) is 10.1 Å². The van der Waals surface area contributed by atoms with Crippen LogP contribution in [-0.4, -0.2) is 17.1 Å². The summed E-state index contributed by atoms with van der Waals surface area (Å²) in [6.45, 7) is 7.94. The van der Waals surface area contributed by atoms with Crippen molar-refractivity contribution in [3.8, 4) is 0 Å². The molecule has 0 fully saturated rings. The third kappa shape index (κ3) is 3.71. The van der Waals surface area contributed by atoms with E-state index in [1.165, 1.54) is 0 Å². The molecule has 17 heavy (non-hydrogen) atoms. The quantitative estimate of drug-likeness (QED) is 0.742. The van der Waals surface area contributed by atoms with Crippen molar-refractivity contribution in [1.82, 2.24) is 5.32 Å². The number of nitrogens with one attached hydrogen (secondary N) is 1. The Morgan fingerprint density at radius 2 is 2.06 bits per heavy atom. The fraction of sp³-hybridized carbons (Fsp3) is 0.357. The zero-order valence-electron chi connectivity index (χ0n) is 10.3. The molecule has 92 valence electrons. The van der Waals surface area contributed by atoms with Crippen molar-refractivity contribution < 1.29 is 9.90 Å². The molecule has 1 atom stereocenters. The molecule has 3 nitrogen and oxygen atoms in total.